The van der Waals surface area contributed by atoms with E-state index in [1.54, 1.807) is 23.3 Å². The molecule has 2 heterocycles. The molecule has 1 unspecified atom stereocenters. The highest BCUT2D eigenvalue weighted by atomic mass is 16.5. The van der Waals surface area contributed by atoms with E-state index in [0.29, 0.717) is 18.9 Å². The molecule has 0 radical (unpaired) electrons. The van der Waals surface area contributed by atoms with E-state index in [2.05, 4.69) is 0 Å². The van der Waals surface area contributed by atoms with Crippen molar-refractivity contribution in [2.75, 3.05) is 19.8 Å². The van der Waals surface area contributed by atoms with Crippen LogP contribution in [0.2, 0.25) is 0 Å². The summed E-state index contributed by atoms with van der Waals surface area (Å²) in [6.45, 7) is 0.757. The number of morpholine rings is 1. The normalized spacial score (nSPS) is 22.1. The maximum Gasteiger partial charge on any atom is 0.249 e. The quantitative estimate of drug-likeness (QED) is 0.764. The van der Waals surface area contributed by atoms with Gasteiger partial charge in [0.2, 0.25) is 5.91 Å². The van der Waals surface area contributed by atoms with Crippen LogP contribution in [0.15, 0.2) is 22.8 Å². The van der Waals surface area contributed by atoms with Crippen LogP contribution >= 0.6 is 0 Å². The zero-order valence-corrected chi connectivity index (χ0v) is 8.26. The number of aliphatic hydroxyl groups excluding tert-OH is 1. The van der Waals surface area contributed by atoms with E-state index >= 15 is 0 Å². The molecule has 1 aliphatic rings. The molecule has 0 aromatic carbocycles. The van der Waals surface area contributed by atoms with E-state index in [1.807, 2.05) is 0 Å². The van der Waals surface area contributed by atoms with Crippen molar-refractivity contribution in [3.8, 4) is 0 Å². The van der Waals surface area contributed by atoms with Crippen LogP contribution in [0.3, 0.4) is 0 Å². The highest BCUT2D eigenvalue weighted by Crippen LogP contribution is 2.13. The number of nitrogens with zero attached hydrogens (tertiary/aromatic N) is 1. The number of rotatable bonds is 3. The van der Waals surface area contributed by atoms with Gasteiger partial charge in [-0.1, -0.05) is 0 Å². The largest absolute Gasteiger partial charge is 0.467 e. The van der Waals surface area contributed by atoms with Gasteiger partial charge in [0.05, 0.1) is 32.1 Å². The average molecular weight is 211 g/mol. The Balaban J connectivity index is 2.06. The Morgan fingerprint density at radius 3 is 3.13 bits per heavy atom. The van der Waals surface area contributed by atoms with Crippen LogP contribution in [0, 0.1) is 0 Å². The van der Waals surface area contributed by atoms with E-state index in [-0.39, 0.29) is 25.2 Å². The molecule has 1 N–H and O–H groups in total. The van der Waals surface area contributed by atoms with Crippen LogP contribution in [0.25, 0.3) is 0 Å². The summed E-state index contributed by atoms with van der Waals surface area (Å²) in [7, 11) is 0. The van der Waals surface area contributed by atoms with Gasteiger partial charge in [-0.15, -0.1) is 0 Å². The number of furan rings is 1. The lowest BCUT2D eigenvalue weighted by Gasteiger charge is -2.33. The molecule has 82 valence electrons. The molecule has 0 saturated carbocycles. The zero-order chi connectivity index (χ0) is 10.7. The number of ether oxygens (including phenoxy) is 1. The fourth-order valence-electron chi connectivity index (χ4n) is 1.60. The van der Waals surface area contributed by atoms with Crippen molar-refractivity contribution in [2.24, 2.45) is 0 Å². The second-order valence-corrected chi connectivity index (χ2v) is 3.45. The second kappa shape index (κ2) is 4.46. The van der Waals surface area contributed by atoms with Gasteiger partial charge in [-0.3, -0.25) is 4.79 Å². The summed E-state index contributed by atoms with van der Waals surface area (Å²) in [5.74, 6) is 0.598. The first-order chi connectivity index (χ1) is 7.31. The van der Waals surface area contributed by atoms with Gasteiger partial charge in [-0.25, -0.2) is 0 Å². The monoisotopic (exact) mass is 211 g/mol. The van der Waals surface area contributed by atoms with E-state index < -0.39 is 0 Å². The van der Waals surface area contributed by atoms with Gasteiger partial charge in [0.25, 0.3) is 0 Å². The summed E-state index contributed by atoms with van der Waals surface area (Å²) in [6, 6.07) is 3.31. The molecule has 5 heteroatoms. The Morgan fingerprint density at radius 2 is 2.47 bits per heavy atom. The van der Waals surface area contributed by atoms with Gasteiger partial charge in [-0.2, -0.15) is 0 Å². The predicted molar refractivity (Wildman–Crippen MR) is 51.0 cm³/mol. The van der Waals surface area contributed by atoms with Crippen molar-refractivity contribution < 1.29 is 19.1 Å². The number of carbonyl (C=O) groups is 1. The van der Waals surface area contributed by atoms with Crippen molar-refractivity contribution in [1.82, 2.24) is 4.90 Å². The third kappa shape index (κ3) is 2.19. The van der Waals surface area contributed by atoms with E-state index in [0.717, 1.165) is 0 Å². The Kier molecular flexibility index (Phi) is 3.03. The van der Waals surface area contributed by atoms with Gasteiger partial charge >= 0.3 is 0 Å². The standard InChI is InChI=1S/C10H13NO4/c12-5-8-6-14-7-10(13)11(8)4-9-2-1-3-15-9/h1-3,8,12H,4-7H2. The summed E-state index contributed by atoms with van der Waals surface area (Å²) >= 11 is 0. The number of aliphatic hydroxyl groups is 1. The molecule has 1 aromatic heterocycles. The number of hydrogen-bond acceptors (Lipinski definition) is 4. The molecule has 1 saturated heterocycles. The minimum absolute atomic E-state index is 0.0806. The third-order valence-corrected chi connectivity index (χ3v) is 2.41. The van der Waals surface area contributed by atoms with Crippen molar-refractivity contribution in [3.63, 3.8) is 0 Å². The molecule has 1 fully saturated rings. The Labute approximate surface area is 87.2 Å². The molecular weight excluding hydrogens is 198 g/mol. The molecular formula is C10H13NO4. The van der Waals surface area contributed by atoms with Gasteiger partial charge < -0.3 is 19.2 Å². The van der Waals surface area contributed by atoms with Crippen LogP contribution in [0.4, 0.5) is 0 Å². The van der Waals surface area contributed by atoms with Crippen molar-refractivity contribution >= 4 is 5.91 Å². The fraction of sp³-hybridized carbons (Fsp3) is 0.500. The molecule has 0 aliphatic carbocycles. The number of carbonyl (C=O) groups excluding carboxylic acids is 1. The van der Waals surface area contributed by atoms with Crippen LogP contribution in [-0.2, 0) is 16.1 Å². The summed E-state index contributed by atoms with van der Waals surface area (Å²) < 4.78 is 10.2. The first-order valence-corrected chi connectivity index (χ1v) is 4.81. The molecule has 1 aliphatic heterocycles. The highest BCUT2D eigenvalue weighted by Gasteiger charge is 2.28. The predicted octanol–water partition coefficient (Wildman–Crippen LogP) is -0.000700. The van der Waals surface area contributed by atoms with Gasteiger partial charge in [-0.05, 0) is 12.1 Å². The SMILES string of the molecule is O=C1COCC(CO)N1Cc1ccco1. The number of hydrogen-bond donors (Lipinski definition) is 1. The Morgan fingerprint density at radius 1 is 1.60 bits per heavy atom. The summed E-state index contributed by atoms with van der Waals surface area (Å²) in [4.78, 5) is 13.1. The van der Waals surface area contributed by atoms with E-state index in [4.69, 9.17) is 14.3 Å². The first kappa shape index (κ1) is 10.2. The fourth-order valence-corrected chi connectivity index (χ4v) is 1.60. The lowest BCUT2D eigenvalue weighted by atomic mass is 10.2. The maximum absolute atomic E-state index is 11.5. The molecule has 1 amide bonds. The lowest BCUT2D eigenvalue weighted by molar-refractivity contribution is -0.151. The minimum Gasteiger partial charge on any atom is -0.467 e. The molecule has 0 spiro atoms. The molecule has 1 aromatic rings. The first-order valence-electron chi connectivity index (χ1n) is 4.81. The maximum atomic E-state index is 11.5. The summed E-state index contributed by atoms with van der Waals surface area (Å²) in [6.07, 6.45) is 1.56. The third-order valence-electron chi connectivity index (χ3n) is 2.41. The van der Waals surface area contributed by atoms with E-state index in [1.165, 1.54) is 0 Å². The second-order valence-electron chi connectivity index (χ2n) is 3.45. The zero-order valence-electron chi connectivity index (χ0n) is 8.26. The molecule has 5 nitrogen and oxygen atoms in total. The topological polar surface area (TPSA) is 62.9 Å². The van der Waals surface area contributed by atoms with E-state index in [9.17, 15) is 4.79 Å². The van der Waals surface area contributed by atoms with Gasteiger partial charge in [0.1, 0.15) is 12.4 Å². The highest BCUT2D eigenvalue weighted by molar-refractivity contribution is 5.78. The van der Waals surface area contributed by atoms with Crippen molar-refractivity contribution in [3.05, 3.63) is 24.2 Å². The molecule has 15 heavy (non-hydrogen) atoms. The van der Waals surface area contributed by atoms with Gasteiger partial charge in [0.15, 0.2) is 0 Å². The van der Waals surface area contributed by atoms with Gasteiger partial charge in [0, 0.05) is 0 Å². The van der Waals surface area contributed by atoms with Crippen LogP contribution in [0.1, 0.15) is 5.76 Å². The minimum atomic E-state index is -0.267. The number of amides is 1. The molecule has 0 bridgehead atoms. The molecule has 1 atom stereocenters. The van der Waals surface area contributed by atoms with Crippen LogP contribution < -0.4 is 0 Å². The Bertz CT molecular complexity index is 322. The lowest BCUT2D eigenvalue weighted by Crippen LogP contribution is -2.50. The van der Waals surface area contributed by atoms with Crippen molar-refractivity contribution in [2.45, 2.75) is 12.6 Å². The van der Waals surface area contributed by atoms with Crippen LogP contribution in [-0.4, -0.2) is 41.8 Å². The summed E-state index contributed by atoms with van der Waals surface area (Å²) in [5.41, 5.74) is 0. The van der Waals surface area contributed by atoms with Crippen molar-refractivity contribution in [1.29, 1.82) is 0 Å². The smallest absolute Gasteiger partial charge is 0.249 e. The Hall–Kier alpha value is -1.33. The van der Waals surface area contributed by atoms with Crippen LogP contribution in [0.5, 0.6) is 0 Å². The summed E-state index contributed by atoms with van der Waals surface area (Å²) in [5, 5.41) is 9.10. The average Bonchev–Trinajstić information content (AvgIpc) is 2.74. The molecule has 2 rings (SSSR count).